The fourth-order valence-corrected chi connectivity index (χ4v) is 8.52. The van der Waals surface area contributed by atoms with Crippen molar-refractivity contribution >= 4 is 23.6 Å². The maximum atomic E-state index is 7.00. The van der Waals surface area contributed by atoms with Gasteiger partial charge in [0.2, 0.25) is 0 Å². The molecule has 2 aliphatic carbocycles. The van der Waals surface area contributed by atoms with Crippen LogP contribution in [0.2, 0.25) is 11.1 Å². The average Bonchev–Trinajstić information content (AvgIpc) is 3.06. The standard InChI is InChI=1S/C12H15ClSi/c13-14(11-6-7-11,12-8-9-12)10-4-2-1-3-5-10/h1-5,11-12H,6-9H2. The highest BCUT2D eigenvalue weighted by Crippen LogP contribution is 2.59. The Balaban J connectivity index is 1.98. The monoisotopic (exact) mass is 222 g/mol. The van der Waals surface area contributed by atoms with E-state index in [-0.39, 0.29) is 0 Å². The second-order valence-corrected chi connectivity index (χ2v) is 10.3. The Bertz CT molecular complexity index is 315. The molecule has 0 nitrogen and oxygen atoms in total. The Morgan fingerprint density at radius 2 is 1.43 bits per heavy atom. The minimum Gasteiger partial charge on any atom is -0.160 e. The van der Waals surface area contributed by atoms with Gasteiger partial charge in [0.25, 0.3) is 0 Å². The maximum absolute atomic E-state index is 7.00. The molecule has 0 unspecified atom stereocenters. The van der Waals surface area contributed by atoms with E-state index in [2.05, 4.69) is 30.3 Å². The number of hydrogen-bond donors (Lipinski definition) is 0. The van der Waals surface area contributed by atoms with Crippen molar-refractivity contribution in [1.29, 1.82) is 0 Å². The molecule has 0 saturated heterocycles. The van der Waals surface area contributed by atoms with E-state index < -0.39 is 7.38 Å². The average molecular weight is 223 g/mol. The molecule has 0 heterocycles. The van der Waals surface area contributed by atoms with Crippen molar-refractivity contribution < 1.29 is 0 Å². The molecule has 2 saturated carbocycles. The smallest absolute Gasteiger partial charge is 0.160 e. The van der Waals surface area contributed by atoms with Gasteiger partial charge in [-0.15, -0.1) is 0 Å². The minimum atomic E-state index is -1.59. The molecule has 0 N–H and O–H groups in total. The number of halogens is 1. The first-order valence-corrected chi connectivity index (χ1v) is 8.73. The van der Waals surface area contributed by atoms with E-state index in [1.807, 2.05) is 0 Å². The Kier molecular flexibility index (Phi) is 2.00. The summed E-state index contributed by atoms with van der Waals surface area (Å²) in [5, 5.41) is 1.49. The van der Waals surface area contributed by atoms with Gasteiger partial charge in [-0.3, -0.25) is 0 Å². The summed E-state index contributed by atoms with van der Waals surface area (Å²) in [6, 6.07) is 10.9. The lowest BCUT2D eigenvalue weighted by atomic mass is 10.4. The van der Waals surface area contributed by atoms with Crippen molar-refractivity contribution in [3.8, 4) is 0 Å². The van der Waals surface area contributed by atoms with E-state index in [9.17, 15) is 0 Å². The summed E-state index contributed by atoms with van der Waals surface area (Å²) in [6.45, 7) is 0. The second-order valence-electron chi connectivity index (χ2n) is 4.68. The lowest BCUT2D eigenvalue weighted by Crippen LogP contribution is -2.43. The van der Waals surface area contributed by atoms with E-state index >= 15 is 0 Å². The molecular formula is C12H15ClSi. The number of rotatable bonds is 3. The van der Waals surface area contributed by atoms with Crippen molar-refractivity contribution in [3.63, 3.8) is 0 Å². The molecule has 2 aliphatic rings. The van der Waals surface area contributed by atoms with Crippen molar-refractivity contribution in [2.24, 2.45) is 0 Å². The van der Waals surface area contributed by atoms with E-state index in [4.69, 9.17) is 11.1 Å². The van der Waals surface area contributed by atoms with E-state index in [1.165, 1.54) is 30.9 Å². The molecule has 0 aromatic heterocycles. The van der Waals surface area contributed by atoms with Gasteiger partial charge in [-0.2, -0.15) is 11.1 Å². The Morgan fingerprint density at radius 3 is 1.86 bits per heavy atom. The predicted molar refractivity (Wildman–Crippen MR) is 63.7 cm³/mol. The van der Waals surface area contributed by atoms with Crippen molar-refractivity contribution in [2.45, 2.75) is 36.8 Å². The van der Waals surface area contributed by atoms with Gasteiger partial charge in [-0.25, -0.2) is 0 Å². The molecule has 0 amide bonds. The first-order chi connectivity index (χ1) is 6.82. The fourth-order valence-electron chi connectivity index (χ4n) is 2.51. The van der Waals surface area contributed by atoms with Crippen LogP contribution in [0.25, 0.3) is 0 Å². The van der Waals surface area contributed by atoms with Crippen LogP contribution >= 0.6 is 11.1 Å². The van der Waals surface area contributed by atoms with Crippen molar-refractivity contribution in [1.82, 2.24) is 0 Å². The fraction of sp³-hybridized carbons (Fsp3) is 0.500. The molecule has 0 aliphatic heterocycles. The largest absolute Gasteiger partial charge is 0.192 e. The van der Waals surface area contributed by atoms with Crippen LogP contribution in [-0.4, -0.2) is 7.38 Å². The van der Waals surface area contributed by atoms with E-state index in [1.54, 1.807) is 0 Å². The van der Waals surface area contributed by atoms with Crippen molar-refractivity contribution in [3.05, 3.63) is 30.3 Å². The van der Waals surface area contributed by atoms with Crippen LogP contribution < -0.4 is 5.19 Å². The van der Waals surface area contributed by atoms with Crippen LogP contribution in [0.1, 0.15) is 25.7 Å². The Labute approximate surface area is 91.0 Å². The molecule has 0 spiro atoms. The molecule has 14 heavy (non-hydrogen) atoms. The summed E-state index contributed by atoms with van der Waals surface area (Å²) in [6.07, 6.45) is 5.56. The van der Waals surface area contributed by atoms with Crippen LogP contribution in [-0.2, 0) is 0 Å². The van der Waals surface area contributed by atoms with Crippen LogP contribution in [0, 0.1) is 0 Å². The Morgan fingerprint density at radius 1 is 0.929 bits per heavy atom. The van der Waals surface area contributed by atoms with Gasteiger partial charge in [0.1, 0.15) is 0 Å². The highest BCUT2D eigenvalue weighted by Gasteiger charge is 2.56. The molecule has 0 radical (unpaired) electrons. The molecule has 1 aromatic rings. The van der Waals surface area contributed by atoms with Gasteiger partial charge < -0.3 is 0 Å². The topological polar surface area (TPSA) is 0 Å². The SMILES string of the molecule is Cl[Si](c1ccccc1)(C1CC1)C1CC1. The van der Waals surface area contributed by atoms with Crippen molar-refractivity contribution in [2.75, 3.05) is 0 Å². The highest BCUT2D eigenvalue weighted by molar-refractivity contribution is 7.29. The highest BCUT2D eigenvalue weighted by atomic mass is 35.6. The molecule has 2 heteroatoms. The van der Waals surface area contributed by atoms with E-state index in [0.29, 0.717) is 0 Å². The van der Waals surface area contributed by atoms with E-state index in [0.717, 1.165) is 11.1 Å². The first kappa shape index (κ1) is 8.99. The first-order valence-electron chi connectivity index (χ1n) is 5.56. The molecule has 0 bridgehead atoms. The zero-order valence-corrected chi connectivity index (χ0v) is 10.0. The maximum Gasteiger partial charge on any atom is 0.192 e. The van der Waals surface area contributed by atoms with Gasteiger partial charge in [0, 0.05) is 0 Å². The van der Waals surface area contributed by atoms with Gasteiger partial charge in [-0.05, 0) is 16.3 Å². The Hall–Kier alpha value is -0.273. The zero-order chi connectivity index (χ0) is 9.60. The molecule has 3 rings (SSSR count). The summed E-state index contributed by atoms with van der Waals surface area (Å²) in [4.78, 5) is 0. The summed E-state index contributed by atoms with van der Waals surface area (Å²) in [5.41, 5.74) is 1.78. The van der Waals surface area contributed by atoms with Gasteiger partial charge in [0.05, 0.1) is 0 Å². The van der Waals surface area contributed by atoms with Crippen LogP contribution in [0.3, 0.4) is 0 Å². The number of benzene rings is 1. The molecule has 2 fully saturated rings. The quantitative estimate of drug-likeness (QED) is 0.543. The summed E-state index contributed by atoms with van der Waals surface area (Å²) < 4.78 is 0. The van der Waals surface area contributed by atoms with Crippen LogP contribution in [0.15, 0.2) is 30.3 Å². The summed E-state index contributed by atoms with van der Waals surface area (Å²) in [5.74, 6) is 0. The molecular weight excluding hydrogens is 208 g/mol. The molecule has 0 atom stereocenters. The molecule has 74 valence electrons. The zero-order valence-electron chi connectivity index (χ0n) is 8.25. The lowest BCUT2D eigenvalue weighted by molar-refractivity contribution is 1.27. The molecule has 1 aromatic carbocycles. The number of hydrogen-bond acceptors (Lipinski definition) is 0. The third-order valence-electron chi connectivity index (χ3n) is 3.56. The summed E-state index contributed by atoms with van der Waals surface area (Å²) in [7, 11) is -1.59. The third kappa shape index (κ3) is 1.34. The third-order valence-corrected chi connectivity index (χ3v) is 10.8. The van der Waals surface area contributed by atoms with Gasteiger partial charge in [0.15, 0.2) is 7.38 Å². The summed E-state index contributed by atoms with van der Waals surface area (Å²) >= 11 is 7.00. The minimum absolute atomic E-state index is 0.888. The van der Waals surface area contributed by atoms with Crippen LogP contribution in [0.4, 0.5) is 0 Å². The normalized spacial score (nSPS) is 22.4. The predicted octanol–water partition coefficient (Wildman–Crippen LogP) is 3.41. The van der Waals surface area contributed by atoms with Gasteiger partial charge in [-0.1, -0.05) is 56.0 Å². The van der Waals surface area contributed by atoms with Crippen LogP contribution in [0.5, 0.6) is 0 Å². The van der Waals surface area contributed by atoms with Gasteiger partial charge >= 0.3 is 0 Å². The second kappa shape index (κ2) is 3.11. The lowest BCUT2D eigenvalue weighted by Gasteiger charge is -2.24.